The Hall–Kier alpha value is -3.29. The molecule has 1 aromatic rings. The lowest BCUT2D eigenvalue weighted by Gasteiger charge is -2.27. The van der Waals surface area contributed by atoms with Crippen molar-refractivity contribution in [1.82, 2.24) is 4.90 Å². The second kappa shape index (κ2) is 13.3. The molecule has 2 fully saturated rings. The molecule has 1 aliphatic heterocycles. The molecule has 0 spiro atoms. The van der Waals surface area contributed by atoms with Crippen molar-refractivity contribution in [3.05, 3.63) is 23.8 Å². The van der Waals surface area contributed by atoms with Crippen LogP contribution in [0.3, 0.4) is 0 Å². The third-order valence-corrected chi connectivity index (χ3v) is 6.74. The Labute approximate surface area is 216 Å². The van der Waals surface area contributed by atoms with Gasteiger partial charge in [0, 0.05) is 6.54 Å². The average Bonchev–Trinajstić information content (AvgIpc) is 3.37. The number of carbonyl (C=O) groups is 3. The Morgan fingerprint density at radius 2 is 1.78 bits per heavy atom. The highest BCUT2D eigenvalue weighted by Crippen LogP contribution is 2.29. The molecule has 37 heavy (non-hydrogen) atoms. The summed E-state index contributed by atoms with van der Waals surface area (Å²) in [5.41, 5.74) is -1.94. The standard InChI is InChI=1S/C27H35NO9/c1-35-22-12-11-19(18-28-13-5-6-14-28)16-23(22)36-15-7-10-21(25(30)31)27(34,26(32)33)17-24(29)37-20-8-3-2-4-9-20/h11-12,16,20-21,34H,2-6,8-9,13-15,17-18H2,1H3,(H,30,31)(H,32,33). The third kappa shape index (κ3) is 7.84. The Kier molecular flexibility index (Phi) is 10.2. The molecule has 3 rings (SSSR count). The van der Waals surface area contributed by atoms with E-state index in [1.807, 2.05) is 12.1 Å². The highest BCUT2D eigenvalue weighted by atomic mass is 16.5. The first kappa shape index (κ1) is 28.3. The van der Waals surface area contributed by atoms with Gasteiger partial charge in [0.25, 0.3) is 0 Å². The summed E-state index contributed by atoms with van der Waals surface area (Å²) in [4.78, 5) is 38.4. The predicted molar refractivity (Wildman–Crippen MR) is 132 cm³/mol. The van der Waals surface area contributed by atoms with Crippen LogP contribution in [0.4, 0.5) is 0 Å². The molecule has 2 unspecified atom stereocenters. The zero-order valence-electron chi connectivity index (χ0n) is 21.1. The maximum absolute atomic E-state index is 12.4. The number of rotatable bonds is 11. The zero-order valence-corrected chi connectivity index (χ0v) is 21.1. The normalized spacial score (nSPS) is 18.6. The number of hydrogen-bond donors (Lipinski definition) is 3. The van der Waals surface area contributed by atoms with Crippen molar-refractivity contribution >= 4 is 17.9 Å². The maximum atomic E-state index is 12.4. The number of aliphatic hydroxyl groups is 1. The lowest BCUT2D eigenvalue weighted by atomic mass is 9.84. The van der Waals surface area contributed by atoms with Crippen LogP contribution in [0.5, 0.6) is 11.5 Å². The number of aliphatic carboxylic acids is 2. The van der Waals surface area contributed by atoms with E-state index in [0.29, 0.717) is 24.3 Å². The van der Waals surface area contributed by atoms with E-state index in [1.165, 1.54) is 20.0 Å². The van der Waals surface area contributed by atoms with Gasteiger partial charge >= 0.3 is 17.9 Å². The molecule has 0 aromatic heterocycles. The van der Waals surface area contributed by atoms with Gasteiger partial charge in [-0.25, -0.2) is 4.79 Å². The van der Waals surface area contributed by atoms with E-state index in [0.717, 1.165) is 44.5 Å². The second-order valence-corrected chi connectivity index (χ2v) is 9.51. The van der Waals surface area contributed by atoms with Crippen LogP contribution in [0.2, 0.25) is 0 Å². The summed E-state index contributed by atoms with van der Waals surface area (Å²) in [5, 5.41) is 30.0. The van der Waals surface area contributed by atoms with Crippen molar-refractivity contribution in [3.63, 3.8) is 0 Å². The quantitative estimate of drug-likeness (QED) is 0.296. The van der Waals surface area contributed by atoms with Gasteiger partial charge in [-0.15, -0.1) is 0 Å². The van der Waals surface area contributed by atoms with Crippen LogP contribution in [0.1, 0.15) is 56.9 Å². The summed E-state index contributed by atoms with van der Waals surface area (Å²) in [6, 6.07) is 5.53. The number of carbonyl (C=O) groups excluding carboxylic acids is 1. The molecule has 1 heterocycles. The fourth-order valence-corrected chi connectivity index (χ4v) is 4.71. The largest absolute Gasteiger partial charge is 0.493 e. The maximum Gasteiger partial charge on any atom is 0.338 e. The van der Waals surface area contributed by atoms with E-state index in [-0.39, 0.29) is 12.7 Å². The molecule has 1 saturated heterocycles. The van der Waals surface area contributed by atoms with E-state index < -0.39 is 35.8 Å². The monoisotopic (exact) mass is 517 g/mol. The van der Waals surface area contributed by atoms with Crippen molar-refractivity contribution in [2.24, 2.45) is 5.92 Å². The molecular weight excluding hydrogens is 482 g/mol. The van der Waals surface area contributed by atoms with Gasteiger partial charge in [-0.3, -0.25) is 14.5 Å². The van der Waals surface area contributed by atoms with Gasteiger partial charge < -0.3 is 29.5 Å². The minimum atomic E-state index is -2.96. The van der Waals surface area contributed by atoms with Gasteiger partial charge in [0.1, 0.15) is 12.7 Å². The molecule has 0 radical (unpaired) electrons. The summed E-state index contributed by atoms with van der Waals surface area (Å²) in [6.45, 7) is 2.54. The number of methoxy groups -OCH3 is 1. The number of benzene rings is 1. The molecule has 202 valence electrons. The summed E-state index contributed by atoms with van der Waals surface area (Å²) in [5.74, 6) is -0.963. The Morgan fingerprint density at radius 1 is 1.08 bits per heavy atom. The van der Waals surface area contributed by atoms with E-state index in [9.17, 15) is 29.7 Å². The van der Waals surface area contributed by atoms with E-state index >= 15 is 0 Å². The summed E-state index contributed by atoms with van der Waals surface area (Å²) in [7, 11) is 1.49. The number of likely N-dealkylation sites (tertiary alicyclic amines) is 1. The minimum Gasteiger partial charge on any atom is -0.493 e. The van der Waals surface area contributed by atoms with Gasteiger partial charge in [0.15, 0.2) is 23.0 Å². The summed E-state index contributed by atoms with van der Waals surface area (Å²) < 4.78 is 16.3. The lowest BCUT2D eigenvalue weighted by Crippen LogP contribution is -2.50. The Bertz CT molecular complexity index is 1020. The smallest absolute Gasteiger partial charge is 0.338 e. The van der Waals surface area contributed by atoms with Crippen LogP contribution in [-0.2, 0) is 25.7 Å². The van der Waals surface area contributed by atoms with Gasteiger partial charge in [-0.2, -0.15) is 0 Å². The van der Waals surface area contributed by atoms with Crippen molar-refractivity contribution in [2.45, 2.75) is 69.6 Å². The zero-order chi connectivity index (χ0) is 26.8. The molecular formula is C27H35NO9. The number of carboxylic acids is 2. The first-order valence-corrected chi connectivity index (χ1v) is 12.6. The van der Waals surface area contributed by atoms with Crippen LogP contribution in [0.25, 0.3) is 0 Å². The van der Waals surface area contributed by atoms with Crippen LogP contribution >= 0.6 is 0 Å². The number of nitrogens with zero attached hydrogens (tertiary/aromatic N) is 1. The van der Waals surface area contributed by atoms with Crippen molar-refractivity contribution < 1.29 is 43.9 Å². The number of esters is 1. The second-order valence-electron chi connectivity index (χ2n) is 9.51. The van der Waals surface area contributed by atoms with E-state index in [4.69, 9.17) is 14.2 Å². The summed E-state index contributed by atoms with van der Waals surface area (Å²) >= 11 is 0. The Morgan fingerprint density at radius 3 is 2.41 bits per heavy atom. The van der Waals surface area contributed by atoms with Crippen LogP contribution in [-0.4, -0.2) is 76.6 Å². The predicted octanol–water partition coefficient (Wildman–Crippen LogP) is 2.46. The lowest BCUT2D eigenvalue weighted by molar-refractivity contribution is -0.178. The van der Waals surface area contributed by atoms with Gasteiger partial charge in [-0.1, -0.05) is 24.3 Å². The molecule has 10 nitrogen and oxygen atoms in total. The molecule has 1 aromatic carbocycles. The van der Waals surface area contributed by atoms with Crippen molar-refractivity contribution in [3.8, 4) is 23.3 Å². The third-order valence-electron chi connectivity index (χ3n) is 6.74. The molecule has 0 amide bonds. The number of carboxylic acid groups (broad SMARTS) is 2. The highest BCUT2D eigenvalue weighted by Gasteiger charge is 2.50. The minimum absolute atomic E-state index is 0.282. The highest BCUT2D eigenvalue weighted by molar-refractivity contribution is 5.91. The van der Waals surface area contributed by atoms with Crippen LogP contribution < -0.4 is 9.47 Å². The number of ether oxygens (including phenoxy) is 3. The van der Waals surface area contributed by atoms with E-state index in [1.54, 1.807) is 6.07 Å². The van der Waals surface area contributed by atoms with Gasteiger partial charge in [-0.05, 0) is 69.3 Å². The first-order valence-electron chi connectivity index (χ1n) is 12.6. The average molecular weight is 518 g/mol. The molecule has 1 aliphatic carbocycles. The molecule has 10 heteroatoms. The molecule has 0 bridgehead atoms. The number of hydrogen-bond acceptors (Lipinski definition) is 8. The van der Waals surface area contributed by atoms with Crippen LogP contribution in [0, 0.1) is 17.8 Å². The topological polar surface area (TPSA) is 143 Å². The SMILES string of the molecule is COc1ccc(CN2CCCC2)cc1OCC#CC(C(=O)O)C(O)(CC(=O)OC1CCCCC1)C(=O)O. The van der Waals surface area contributed by atoms with Crippen LogP contribution in [0.15, 0.2) is 18.2 Å². The van der Waals surface area contributed by atoms with E-state index in [2.05, 4.69) is 16.7 Å². The Balaban J connectivity index is 1.67. The molecule has 2 atom stereocenters. The van der Waals surface area contributed by atoms with Gasteiger partial charge in [0.05, 0.1) is 13.5 Å². The fourth-order valence-electron chi connectivity index (χ4n) is 4.71. The molecule has 2 aliphatic rings. The summed E-state index contributed by atoms with van der Waals surface area (Å²) in [6.07, 6.45) is 5.05. The van der Waals surface area contributed by atoms with Crippen molar-refractivity contribution in [2.75, 3.05) is 26.8 Å². The van der Waals surface area contributed by atoms with Gasteiger partial charge in [0.2, 0.25) is 0 Å². The molecule has 1 saturated carbocycles. The molecule has 3 N–H and O–H groups in total. The fraction of sp³-hybridized carbons (Fsp3) is 0.593. The first-order chi connectivity index (χ1) is 17.7. The van der Waals surface area contributed by atoms with Crippen molar-refractivity contribution in [1.29, 1.82) is 0 Å².